The molecule has 0 fully saturated rings. The topological polar surface area (TPSA) is 21.6 Å². The summed E-state index contributed by atoms with van der Waals surface area (Å²) in [6.45, 7) is -1.10. The zero-order chi connectivity index (χ0) is 20.2. The third kappa shape index (κ3) is 4.05. The highest BCUT2D eigenvalue weighted by molar-refractivity contribution is 9.10. The fourth-order valence-corrected chi connectivity index (χ4v) is 3.86. The van der Waals surface area contributed by atoms with Gasteiger partial charge in [-0.2, -0.15) is 0 Å². The fraction of sp³-hybridized carbons (Fsp3) is 0.0417. The number of rotatable bonds is 5. The zero-order valence-corrected chi connectivity index (χ0v) is 16.9. The van der Waals surface area contributed by atoms with Gasteiger partial charge < -0.3 is 4.74 Å². The second-order valence-electron chi connectivity index (χ2n) is 6.35. The van der Waals surface area contributed by atoms with Crippen LogP contribution in [0.1, 0.15) is 11.1 Å². The van der Waals surface area contributed by atoms with Crippen LogP contribution in [0, 0.1) is 5.82 Å². The molecule has 0 radical (unpaired) electrons. The molecule has 0 saturated carbocycles. The van der Waals surface area contributed by atoms with Crippen LogP contribution in [0.3, 0.4) is 0 Å². The molecule has 0 amide bonds. The Bertz CT molecular complexity index is 1140. The monoisotopic (exact) mass is 451 g/mol. The number of aliphatic imine (C=N–C) groups is 1. The van der Waals surface area contributed by atoms with Crippen molar-refractivity contribution in [3.63, 3.8) is 0 Å². The highest BCUT2D eigenvalue weighted by Crippen LogP contribution is 2.38. The summed E-state index contributed by atoms with van der Waals surface area (Å²) in [5.41, 5.74) is 3.47. The fourth-order valence-electron chi connectivity index (χ4n) is 3.22. The van der Waals surface area contributed by atoms with Crippen molar-refractivity contribution in [2.45, 2.75) is 0 Å². The molecule has 0 spiro atoms. The van der Waals surface area contributed by atoms with Crippen LogP contribution in [0.2, 0.25) is 0 Å². The molecule has 2 nitrogen and oxygen atoms in total. The molecule has 0 atom stereocenters. The number of halogens is 3. The Morgan fingerprint density at radius 1 is 0.862 bits per heavy atom. The van der Waals surface area contributed by atoms with E-state index in [9.17, 15) is 8.78 Å². The van der Waals surface area contributed by atoms with E-state index in [0.29, 0.717) is 20.9 Å². The Hall–Kier alpha value is -3.05. The summed E-state index contributed by atoms with van der Waals surface area (Å²) in [7, 11) is 0. The van der Waals surface area contributed by atoms with Gasteiger partial charge >= 0.3 is 0 Å². The predicted octanol–water partition coefficient (Wildman–Crippen LogP) is 7.22. The van der Waals surface area contributed by atoms with Gasteiger partial charge in [0.1, 0.15) is 0 Å². The molecular weight excluding hydrogens is 436 g/mol. The molecule has 4 aromatic carbocycles. The van der Waals surface area contributed by atoms with E-state index in [-0.39, 0.29) is 5.75 Å². The standard InChI is InChI=1S/C24H16BrF2NO/c25-20-14-19(13-18-11-12-21(27)24(22(18)20)29-15-26)28-23(16-7-3-1-4-8-16)17-9-5-2-6-10-17/h1-14H,15H2. The van der Waals surface area contributed by atoms with E-state index in [1.807, 2.05) is 66.7 Å². The smallest absolute Gasteiger partial charge is 0.228 e. The number of fused-ring (bicyclic) bond motifs is 1. The van der Waals surface area contributed by atoms with Crippen LogP contribution in [0.15, 0.2) is 94.4 Å². The number of nitrogens with zero attached hydrogens (tertiary/aromatic N) is 1. The first-order valence-corrected chi connectivity index (χ1v) is 9.76. The van der Waals surface area contributed by atoms with Gasteiger partial charge in [0.15, 0.2) is 11.6 Å². The molecule has 0 bridgehead atoms. The van der Waals surface area contributed by atoms with Crippen molar-refractivity contribution in [3.05, 3.63) is 106 Å². The minimum Gasteiger partial charge on any atom is -0.459 e. The van der Waals surface area contributed by atoms with E-state index in [4.69, 9.17) is 9.73 Å². The SMILES string of the molecule is FCOc1c(F)ccc2cc(N=C(c3ccccc3)c3ccccc3)cc(Br)c12. The number of hydrogen-bond donors (Lipinski definition) is 0. The summed E-state index contributed by atoms with van der Waals surface area (Å²) in [5.74, 6) is -0.722. The minimum atomic E-state index is -1.10. The molecule has 0 heterocycles. The Morgan fingerprint density at radius 2 is 1.48 bits per heavy atom. The maximum absolute atomic E-state index is 14.1. The number of hydrogen-bond acceptors (Lipinski definition) is 2. The number of benzene rings is 4. The second-order valence-corrected chi connectivity index (χ2v) is 7.20. The van der Waals surface area contributed by atoms with Gasteiger partial charge in [0.05, 0.1) is 11.4 Å². The third-order valence-electron chi connectivity index (χ3n) is 4.49. The van der Waals surface area contributed by atoms with Crippen LogP contribution in [-0.2, 0) is 0 Å². The van der Waals surface area contributed by atoms with E-state index in [0.717, 1.165) is 16.8 Å². The van der Waals surface area contributed by atoms with Gasteiger partial charge in [-0.3, -0.25) is 0 Å². The Morgan fingerprint density at radius 3 is 2.07 bits per heavy atom. The molecule has 0 aromatic heterocycles. The zero-order valence-electron chi connectivity index (χ0n) is 15.3. The van der Waals surface area contributed by atoms with Gasteiger partial charge in [0.2, 0.25) is 6.86 Å². The van der Waals surface area contributed by atoms with Crippen molar-refractivity contribution in [1.29, 1.82) is 0 Å². The lowest BCUT2D eigenvalue weighted by molar-refractivity contribution is 0.187. The van der Waals surface area contributed by atoms with Gasteiger partial charge in [-0.1, -0.05) is 66.7 Å². The lowest BCUT2D eigenvalue weighted by Gasteiger charge is -2.12. The summed E-state index contributed by atoms with van der Waals surface area (Å²) in [5, 5.41) is 1.17. The Labute approximate surface area is 175 Å². The predicted molar refractivity (Wildman–Crippen MR) is 116 cm³/mol. The molecule has 0 N–H and O–H groups in total. The molecule has 5 heteroatoms. The third-order valence-corrected chi connectivity index (χ3v) is 5.12. The minimum absolute atomic E-state index is 0.112. The maximum Gasteiger partial charge on any atom is 0.228 e. The molecule has 144 valence electrons. The highest BCUT2D eigenvalue weighted by Gasteiger charge is 2.14. The lowest BCUT2D eigenvalue weighted by Crippen LogP contribution is -2.02. The van der Waals surface area contributed by atoms with E-state index >= 15 is 0 Å². The normalized spacial score (nSPS) is 10.7. The maximum atomic E-state index is 14.1. The lowest BCUT2D eigenvalue weighted by atomic mass is 10.0. The average molecular weight is 452 g/mol. The van der Waals surface area contributed by atoms with Crippen molar-refractivity contribution in [1.82, 2.24) is 0 Å². The van der Waals surface area contributed by atoms with Crippen molar-refractivity contribution in [2.75, 3.05) is 6.86 Å². The molecule has 0 aliphatic carbocycles. The van der Waals surface area contributed by atoms with Gasteiger partial charge in [-0.05, 0) is 39.5 Å². The van der Waals surface area contributed by atoms with Crippen LogP contribution in [0.25, 0.3) is 10.8 Å². The molecule has 0 saturated heterocycles. The van der Waals surface area contributed by atoms with E-state index in [1.54, 1.807) is 12.1 Å². The first-order chi connectivity index (χ1) is 14.2. The van der Waals surface area contributed by atoms with Crippen LogP contribution < -0.4 is 4.74 Å². The van der Waals surface area contributed by atoms with Gasteiger partial charge in [-0.15, -0.1) is 0 Å². The van der Waals surface area contributed by atoms with Crippen molar-refractivity contribution in [2.24, 2.45) is 4.99 Å². The summed E-state index contributed by atoms with van der Waals surface area (Å²) in [6.07, 6.45) is 0. The quantitative estimate of drug-likeness (QED) is 0.293. The van der Waals surface area contributed by atoms with E-state index in [1.165, 1.54) is 6.07 Å². The molecule has 4 rings (SSSR count). The van der Waals surface area contributed by atoms with Crippen LogP contribution in [0.4, 0.5) is 14.5 Å². The Balaban J connectivity index is 1.90. The van der Waals surface area contributed by atoms with Crippen molar-refractivity contribution < 1.29 is 13.5 Å². The molecule has 0 aliphatic heterocycles. The summed E-state index contributed by atoms with van der Waals surface area (Å²) < 4.78 is 32.3. The van der Waals surface area contributed by atoms with Gasteiger partial charge in [0.25, 0.3) is 0 Å². The second kappa shape index (κ2) is 8.53. The van der Waals surface area contributed by atoms with Crippen LogP contribution in [0.5, 0.6) is 5.75 Å². The molecule has 0 unspecified atom stereocenters. The van der Waals surface area contributed by atoms with Crippen molar-refractivity contribution >= 4 is 38.1 Å². The summed E-state index contributed by atoms with van der Waals surface area (Å²) in [4.78, 5) is 4.89. The molecular formula is C24H16BrF2NO. The van der Waals surface area contributed by atoms with Gasteiger partial charge in [0, 0.05) is 21.0 Å². The molecule has 4 aromatic rings. The van der Waals surface area contributed by atoms with Crippen LogP contribution >= 0.6 is 15.9 Å². The number of ether oxygens (including phenoxy) is 1. The Kier molecular flexibility index (Phi) is 5.67. The molecule has 0 aliphatic rings. The van der Waals surface area contributed by atoms with E-state index < -0.39 is 12.7 Å². The van der Waals surface area contributed by atoms with Crippen molar-refractivity contribution in [3.8, 4) is 5.75 Å². The van der Waals surface area contributed by atoms with Gasteiger partial charge in [-0.25, -0.2) is 13.8 Å². The first-order valence-electron chi connectivity index (χ1n) is 8.97. The van der Waals surface area contributed by atoms with E-state index in [2.05, 4.69) is 15.9 Å². The van der Waals surface area contributed by atoms with Crippen LogP contribution in [-0.4, -0.2) is 12.6 Å². The molecule has 29 heavy (non-hydrogen) atoms. The largest absolute Gasteiger partial charge is 0.459 e. The summed E-state index contributed by atoms with van der Waals surface area (Å²) >= 11 is 3.47. The average Bonchev–Trinajstić information content (AvgIpc) is 2.75. The number of alkyl halides is 1. The highest BCUT2D eigenvalue weighted by atomic mass is 79.9. The first kappa shape index (κ1) is 19.3. The summed E-state index contributed by atoms with van der Waals surface area (Å²) in [6, 6.07) is 26.3.